The van der Waals surface area contributed by atoms with Crippen LogP contribution in [0.25, 0.3) is 0 Å². The van der Waals surface area contributed by atoms with Crippen LogP contribution < -0.4 is 14.2 Å². The van der Waals surface area contributed by atoms with Crippen molar-refractivity contribution in [3.05, 3.63) is 75.6 Å². The standard InChI is InChI=1S/C34H38N4O5/c1-19-23-18-24-25-17-20-8-9-26(42-4)30-27(20)34(24,10-11-36(25)2)31(43-30)29(23)35-28(19)33(40)38-14-12-37(13-15-38)32(39)21-6-5-7-22(16-21)41-3/h5-9,16,24-25,31,35H,10-15,17-18H2,1-4H3/t24?,25-,31+,34+/m1/s1. The van der Waals surface area contributed by atoms with Crippen molar-refractivity contribution in [2.75, 3.05) is 54.0 Å². The molecule has 2 aliphatic carbocycles. The van der Waals surface area contributed by atoms with E-state index in [2.05, 4.69) is 29.9 Å². The van der Waals surface area contributed by atoms with Gasteiger partial charge in [-0.05, 0) is 86.7 Å². The average Bonchev–Trinajstić information content (AvgIpc) is 3.56. The Bertz CT molecular complexity index is 1660. The lowest BCUT2D eigenvalue weighted by molar-refractivity contribution is -0.0256. The molecule has 2 amide bonds. The Morgan fingerprint density at radius 3 is 2.49 bits per heavy atom. The molecule has 1 spiro atoms. The van der Waals surface area contributed by atoms with E-state index >= 15 is 0 Å². The number of fused-ring (bicyclic) bond motifs is 2. The van der Waals surface area contributed by atoms with Crippen LogP contribution in [0.3, 0.4) is 0 Å². The summed E-state index contributed by atoms with van der Waals surface area (Å²) in [6, 6.07) is 11.9. The molecule has 2 fully saturated rings. The Morgan fingerprint density at radius 2 is 1.74 bits per heavy atom. The lowest BCUT2D eigenvalue weighted by atomic mass is 9.51. The highest BCUT2D eigenvalue weighted by Gasteiger charge is 2.65. The zero-order valence-corrected chi connectivity index (χ0v) is 25.2. The van der Waals surface area contributed by atoms with Gasteiger partial charge in [0, 0.05) is 48.8 Å². The Labute approximate surface area is 251 Å². The van der Waals surface area contributed by atoms with E-state index in [9.17, 15) is 9.59 Å². The average molecular weight is 583 g/mol. The molecular formula is C34H38N4O5. The van der Waals surface area contributed by atoms with E-state index < -0.39 is 0 Å². The molecular weight excluding hydrogens is 544 g/mol. The summed E-state index contributed by atoms with van der Waals surface area (Å²) in [5.41, 5.74) is 7.16. The topological polar surface area (TPSA) is 87.3 Å². The second-order valence-corrected chi connectivity index (χ2v) is 12.8. The number of hydrogen-bond acceptors (Lipinski definition) is 6. The first-order valence-corrected chi connectivity index (χ1v) is 15.4. The number of carbonyl (C=O) groups is 2. The number of aromatic nitrogens is 1. The number of methoxy groups -OCH3 is 2. The van der Waals surface area contributed by atoms with Crippen LogP contribution in [0.15, 0.2) is 36.4 Å². The highest BCUT2D eigenvalue weighted by Crippen LogP contribution is 2.67. The van der Waals surface area contributed by atoms with E-state index in [4.69, 9.17) is 14.2 Å². The third-order valence-corrected chi connectivity index (χ3v) is 11.1. The molecule has 3 aliphatic heterocycles. The number of piperidine rings is 1. The second-order valence-electron chi connectivity index (χ2n) is 12.8. The number of likely N-dealkylation sites (tertiary alicyclic amines) is 1. The number of aromatic amines is 1. The molecule has 4 atom stereocenters. The number of benzene rings is 2. The van der Waals surface area contributed by atoms with Crippen LogP contribution in [0.5, 0.6) is 17.2 Å². The molecule has 1 aromatic heterocycles. The van der Waals surface area contributed by atoms with Crippen molar-refractivity contribution < 1.29 is 23.8 Å². The maximum atomic E-state index is 14.0. The number of H-pyrrole nitrogens is 1. The lowest BCUT2D eigenvalue weighted by Gasteiger charge is -2.57. The SMILES string of the molecule is COc1cccc(C(=O)N2CCN(C(=O)c3[nH]c4c(c3C)CC3[C@H]5Cc6ccc(OC)c7c6[C@@]3(CCN5C)[C@H]4O7)CC2)c1. The van der Waals surface area contributed by atoms with Crippen LogP contribution in [0.1, 0.15) is 61.3 Å². The summed E-state index contributed by atoms with van der Waals surface area (Å²) in [5.74, 6) is 2.71. The van der Waals surface area contributed by atoms with Gasteiger partial charge in [0.05, 0.1) is 19.9 Å². The zero-order chi connectivity index (χ0) is 29.6. The summed E-state index contributed by atoms with van der Waals surface area (Å²) in [6.07, 6.45) is 2.79. The van der Waals surface area contributed by atoms with Crippen LogP contribution in [-0.4, -0.2) is 91.5 Å². The molecule has 4 heterocycles. The van der Waals surface area contributed by atoms with Gasteiger partial charge in [-0.2, -0.15) is 0 Å². The second kappa shape index (κ2) is 9.51. The fraction of sp³-hybridized carbons (Fsp3) is 0.471. The van der Waals surface area contributed by atoms with Gasteiger partial charge in [-0.25, -0.2) is 0 Å². The molecule has 2 aromatic carbocycles. The molecule has 3 aromatic rings. The molecule has 1 N–H and O–H groups in total. The first-order chi connectivity index (χ1) is 20.8. The van der Waals surface area contributed by atoms with E-state index in [-0.39, 0.29) is 23.3 Å². The maximum Gasteiger partial charge on any atom is 0.270 e. The number of carbonyl (C=O) groups excluding carboxylic acids is 2. The van der Waals surface area contributed by atoms with Crippen molar-refractivity contribution in [2.24, 2.45) is 5.92 Å². The molecule has 9 nitrogen and oxygen atoms in total. The summed E-state index contributed by atoms with van der Waals surface area (Å²) >= 11 is 0. The number of hydrogen-bond donors (Lipinski definition) is 1. The predicted molar refractivity (Wildman–Crippen MR) is 160 cm³/mol. The normalized spacial score (nSPS) is 26.8. The Kier molecular flexibility index (Phi) is 5.89. The van der Waals surface area contributed by atoms with Gasteiger partial charge in [0.1, 0.15) is 17.5 Å². The van der Waals surface area contributed by atoms with Gasteiger partial charge in [-0.1, -0.05) is 12.1 Å². The van der Waals surface area contributed by atoms with E-state index in [1.807, 2.05) is 28.0 Å². The fourth-order valence-electron chi connectivity index (χ4n) is 8.86. The van der Waals surface area contributed by atoms with Gasteiger partial charge in [0.15, 0.2) is 11.5 Å². The van der Waals surface area contributed by atoms with Gasteiger partial charge in [-0.3, -0.25) is 9.59 Å². The number of rotatable bonds is 4. The minimum atomic E-state index is -0.166. The van der Waals surface area contributed by atoms with Gasteiger partial charge in [0.25, 0.3) is 11.8 Å². The maximum absolute atomic E-state index is 14.0. The molecule has 5 aliphatic rings. The number of ether oxygens (including phenoxy) is 3. The van der Waals surface area contributed by atoms with Crippen LogP contribution in [0.4, 0.5) is 0 Å². The minimum absolute atomic E-state index is 0.00489. The van der Waals surface area contributed by atoms with Gasteiger partial charge >= 0.3 is 0 Å². The van der Waals surface area contributed by atoms with Crippen molar-refractivity contribution in [3.63, 3.8) is 0 Å². The van der Waals surface area contributed by atoms with Crippen molar-refractivity contribution in [1.29, 1.82) is 0 Å². The number of amides is 2. The molecule has 2 saturated heterocycles. The molecule has 43 heavy (non-hydrogen) atoms. The van der Waals surface area contributed by atoms with E-state index in [1.165, 1.54) is 16.7 Å². The van der Waals surface area contributed by atoms with Crippen molar-refractivity contribution >= 4 is 11.8 Å². The summed E-state index contributed by atoms with van der Waals surface area (Å²) in [5, 5.41) is 0. The van der Waals surface area contributed by atoms with Gasteiger partial charge in [0.2, 0.25) is 0 Å². The van der Waals surface area contributed by atoms with E-state index in [0.29, 0.717) is 55.1 Å². The molecule has 8 rings (SSSR count). The van der Waals surface area contributed by atoms with E-state index in [1.54, 1.807) is 26.4 Å². The van der Waals surface area contributed by atoms with Crippen LogP contribution in [0, 0.1) is 12.8 Å². The number of nitrogens with zero attached hydrogens (tertiary/aromatic N) is 3. The fourth-order valence-corrected chi connectivity index (χ4v) is 8.86. The Hall–Kier alpha value is -3.98. The summed E-state index contributed by atoms with van der Waals surface area (Å²) in [7, 11) is 5.56. The highest BCUT2D eigenvalue weighted by molar-refractivity contribution is 5.96. The minimum Gasteiger partial charge on any atom is -0.497 e. The molecule has 2 bridgehead atoms. The third-order valence-electron chi connectivity index (χ3n) is 11.1. The Morgan fingerprint density at radius 1 is 0.977 bits per heavy atom. The summed E-state index contributed by atoms with van der Waals surface area (Å²) in [6.45, 7) is 5.07. The molecule has 9 heteroatoms. The molecule has 224 valence electrons. The van der Waals surface area contributed by atoms with Crippen molar-refractivity contribution in [2.45, 2.75) is 43.7 Å². The highest BCUT2D eigenvalue weighted by atomic mass is 16.5. The van der Waals surface area contributed by atoms with Crippen LogP contribution in [0.2, 0.25) is 0 Å². The van der Waals surface area contributed by atoms with Crippen molar-refractivity contribution in [3.8, 4) is 17.2 Å². The van der Waals surface area contributed by atoms with Crippen LogP contribution >= 0.6 is 0 Å². The van der Waals surface area contributed by atoms with Gasteiger partial charge < -0.3 is 33.9 Å². The van der Waals surface area contributed by atoms with Crippen LogP contribution in [-0.2, 0) is 18.3 Å². The lowest BCUT2D eigenvalue weighted by Crippen LogP contribution is -2.62. The Balaban J connectivity index is 1.09. The monoisotopic (exact) mass is 582 g/mol. The number of piperazine rings is 1. The zero-order valence-electron chi connectivity index (χ0n) is 25.2. The smallest absolute Gasteiger partial charge is 0.270 e. The largest absolute Gasteiger partial charge is 0.497 e. The molecule has 1 unspecified atom stereocenters. The first kappa shape index (κ1) is 26.6. The van der Waals surface area contributed by atoms with E-state index in [0.717, 1.165) is 48.6 Å². The number of nitrogens with one attached hydrogen (secondary N) is 1. The summed E-state index contributed by atoms with van der Waals surface area (Å²) < 4.78 is 18.0. The first-order valence-electron chi connectivity index (χ1n) is 15.4. The summed E-state index contributed by atoms with van der Waals surface area (Å²) in [4.78, 5) is 37.0. The third kappa shape index (κ3) is 3.60. The molecule has 0 radical (unpaired) electrons. The quantitative estimate of drug-likeness (QED) is 0.505. The van der Waals surface area contributed by atoms with Crippen molar-refractivity contribution in [1.82, 2.24) is 19.7 Å². The predicted octanol–water partition coefficient (Wildman–Crippen LogP) is 3.74. The molecule has 0 saturated carbocycles. The number of likely N-dealkylation sites (N-methyl/N-ethyl adjacent to an activating group) is 1. The van der Waals surface area contributed by atoms with Gasteiger partial charge in [-0.15, -0.1) is 0 Å².